The molecule has 152 valence electrons. The Morgan fingerprint density at radius 1 is 0.375 bits per heavy atom. The molecule has 0 aromatic heterocycles. The van der Waals surface area contributed by atoms with Gasteiger partial charge in [0.2, 0.25) is 0 Å². The lowest BCUT2D eigenvalue weighted by molar-refractivity contribution is 1.63. The van der Waals surface area contributed by atoms with Crippen LogP contribution in [0, 0.1) is 0 Å². The zero-order valence-electron chi connectivity index (χ0n) is 17.6. The Morgan fingerprint density at radius 2 is 0.688 bits per heavy atom. The summed E-state index contributed by atoms with van der Waals surface area (Å²) >= 11 is 0. The molecule has 0 radical (unpaired) electrons. The van der Waals surface area contributed by atoms with Crippen molar-refractivity contribution < 1.29 is 0 Å². The van der Waals surface area contributed by atoms with Crippen molar-refractivity contribution >= 4 is 24.3 Å². The van der Waals surface area contributed by atoms with E-state index in [1.165, 1.54) is 11.1 Å². The monoisotopic (exact) mass is 410 g/mol. The molecule has 0 spiro atoms. The number of hydrogen-bond donors (Lipinski definition) is 0. The van der Waals surface area contributed by atoms with Crippen molar-refractivity contribution in [2.45, 2.75) is 0 Å². The molecule has 5 aromatic rings. The fraction of sp³-hybridized carbons (Fsp3) is 0. The van der Waals surface area contributed by atoms with Gasteiger partial charge in [-0.25, -0.2) is 0 Å². The first kappa shape index (κ1) is 19.7. The molecule has 0 heterocycles. The quantitative estimate of drug-likeness (QED) is 0.263. The van der Waals surface area contributed by atoms with Gasteiger partial charge in [0, 0.05) is 11.1 Å². The van der Waals surface area contributed by atoms with Gasteiger partial charge in [0.15, 0.2) is 5.43 Å². The van der Waals surface area contributed by atoms with Gasteiger partial charge in [0.25, 0.3) is 0 Å². The van der Waals surface area contributed by atoms with E-state index in [0.29, 0.717) is 0 Å². The number of hydrogen-bond acceptors (Lipinski definition) is 1. The van der Waals surface area contributed by atoms with Crippen LogP contribution in [0.1, 0.15) is 22.3 Å². The molecule has 0 aliphatic heterocycles. The Kier molecular flexibility index (Phi) is 5.47. The van der Waals surface area contributed by atoms with E-state index in [-0.39, 0.29) is 5.43 Å². The van der Waals surface area contributed by atoms with Gasteiger partial charge in [-0.2, -0.15) is 0 Å². The van der Waals surface area contributed by atoms with Crippen molar-refractivity contribution in [3.8, 4) is 22.3 Å². The molecule has 0 unspecified atom stereocenters. The molecule has 0 atom stereocenters. The van der Waals surface area contributed by atoms with Crippen molar-refractivity contribution in [1.82, 2.24) is 0 Å². The van der Waals surface area contributed by atoms with Crippen molar-refractivity contribution in [3.05, 3.63) is 142 Å². The molecule has 5 rings (SSSR count). The smallest absolute Gasteiger partial charge is 0.195 e. The van der Waals surface area contributed by atoms with Gasteiger partial charge in [-0.15, -0.1) is 0 Å². The summed E-state index contributed by atoms with van der Waals surface area (Å²) in [5.74, 6) is 0. The zero-order chi connectivity index (χ0) is 21.8. The lowest BCUT2D eigenvalue weighted by Crippen LogP contribution is -1.79. The first-order valence-electron chi connectivity index (χ1n) is 10.7. The first-order valence-corrected chi connectivity index (χ1v) is 10.7. The summed E-state index contributed by atoms with van der Waals surface area (Å²) in [6, 6.07) is 36.8. The Morgan fingerprint density at radius 3 is 1.03 bits per heavy atom. The molecule has 1 nitrogen and oxygen atoms in total. The van der Waals surface area contributed by atoms with Crippen LogP contribution in [-0.2, 0) is 0 Å². The minimum atomic E-state index is 0.144. The fourth-order valence-corrected chi connectivity index (χ4v) is 3.76. The largest absolute Gasteiger partial charge is 0.289 e. The van der Waals surface area contributed by atoms with E-state index in [1.807, 2.05) is 60.7 Å². The summed E-state index contributed by atoms with van der Waals surface area (Å²) in [5.41, 5.74) is 8.33. The van der Waals surface area contributed by atoms with Gasteiger partial charge in [-0.05, 0) is 33.4 Å². The van der Waals surface area contributed by atoms with Crippen LogP contribution in [0.15, 0.2) is 114 Å². The molecular formula is C31H22O. The van der Waals surface area contributed by atoms with Gasteiger partial charge >= 0.3 is 0 Å². The standard InChI is InChI=1S/C31H22O/c32-31-29(27-19-15-25(16-20-27)13-11-23-7-3-1-4-8-23)30(31)28-21-17-26(18-22-28)14-12-24-9-5-2-6-10-24/h1-22H. The maximum atomic E-state index is 12.5. The van der Waals surface area contributed by atoms with Crippen LogP contribution in [0.4, 0.5) is 0 Å². The summed E-state index contributed by atoms with van der Waals surface area (Å²) < 4.78 is 0. The van der Waals surface area contributed by atoms with Gasteiger partial charge in [-0.1, -0.05) is 133 Å². The highest BCUT2D eigenvalue weighted by Crippen LogP contribution is 2.34. The highest BCUT2D eigenvalue weighted by atomic mass is 16.1. The van der Waals surface area contributed by atoms with Crippen LogP contribution >= 0.6 is 0 Å². The lowest BCUT2D eigenvalue weighted by atomic mass is 10.1. The second kappa shape index (κ2) is 8.87. The summed E-state index contributed by atoms with van der Waals surface area (Å²) in [5, 5.41) is 0. The van der Waals surface area contributed by atoms with E-state index in [0.717, 1.165) is 33.4 Å². The highest BCUT2D eigenvalue weighted by Gasteiger charge is 2.24. The Labute approximate surface area is 188 Å². The second-order valence-electron chi connectivity index (χ2n) is 7.81. The maximum Gasteiger partial charge on any atom is 0.195 e. The van der Waals surface area contributed by atoms with E-state index < -0.39 is 0 Å². The maximum absolute atomic E-state index is 12.5. The predicted octanol–water partition coefficient (Wildman–Crippen LogP) is 7.60. The first-order chi connectivity index (χ1) is 15.8. The van der Waals surface area contributed by atoms with E-state index in [1.54, 1.807) is 0 Å². The predicted molar refractivity (Wildman–Crippen MR) is 137 cm³/mol. The van der Waals surface area contributed by atoms with Crippen molar-refractivity contribution in [1.29, 1.82) is 0 Å². The molecule has 0 aliphatic rings. The van der Waals surface area contributed by atoms with Crippen LogP contribution in [0.25, 0.3) is 46.6 Å². The molecule has 0 fully saturated rings. The van der Waals surface area contributed by atoms with Crippen LogP contribution in [0.5, 0.6) is 0 Å². The summed E-state index contributed by atoms with van der Waals surface area (Å²) in [6.45, 7) is 0. The average Bonchev–Trinajstić information content (AvgIpc) is 3.54. The minimum absolute atomic E-state index is 0.144. The third-order valence-electron chi connectivity index (χ3n) is 5.58. The average molecular weight is 411 g/mol. The molecular weight excluding hydrogens is 388 g/mol. The molecule has 0 amide bonds. The van der Waals surface area contributed by atoms with Crippen LogP contribution in [0.2, 0.25) is 0 Å². The molecule has 0 saturated heterocycles. The second-order valence-corrected chi connectivity index (χ2v) is 7.81. The lowest BCUT2D eigenvalue weighted by Gasteiger charge is -1.99. The highest BCUT2D eigenvalue weighted by molar-refractivity contribution is 5.94. The molecule has 0 saturated carbocycles. The van der Waals surface area contributed by atoms with Crippen molar-refractivity contribution in [3.63, 3.8) is 0 Å². The molecule has 5 aromatic carbocycles. The van der Waals surface area contributed by atoms with Crippen LogP contribution in [-0.4, -0.2) is 0 Å². The third-order valence-corrected chi connectivity index (χ3v) is 5.58. The molecule has 0 aliphatic carbocycles. The third kappa shape index (κ3) is 4.43. The van der Waals surface area contributed by atoms with Gasteiger partial charge in [-0.3, -0.25) is 4.79 Å². The van der Waals surface area contributed by atoms with Crippen LogP contribution < -0.4 is 5.43 Å². The Balaban J connectivity index is 1.29. The Hall–Kier alpha value is -4.23. The van der Waals surface area contributed by atoms with Gasteiger partial charge < -0.3 is 0 Å². The molecule has 0 bridgehead atoms. The van der Waals surface area contributed by atoms with E-state index in [9.17, 15) is 4.79 Å². The molecule has 1 heteroatoms. The summed E-state index contributed by atoms with van der Waals surface area (Å²) in [6.07, 6.45) is 8.36. The van der Waals surface area contributed by atoms with E-state index in [4.69, 9.17) is 0 Å². The SMILES string of the molecule is O=c1c(-c2ccc(C=Cc3ccccc3)cc2)c1-c1ccc(C=Cc2ccccc2)cc1. The molecule has 0 N–H and O–H groups in total. The topological polar surface area (TPSA) is 17.1 Å². The van der Waals surface area contributed by atoms with Crippen LogP contribution in [0.3, 0.4) is 0 Å². The molecule has 32 heavy (non-hydrogen) atoms. The van der Waals surface area contributed by atoms with E-state index >= 15 is 0 Å². The van der Waals surface area contributed by atoms with Crippen molar-refractivity contribution in [2.75, 3.05) is 0 Å². The van der Waals surface area contributed by atoms with Gasteiger partial charge in [0.05, 0.1) is 0 Å². The zero-order valence-corrected chi connectivity index (χ0v) is 17.6. The number of benzene rings is 4. The van der Waals surface area contributed by atoms with E-state index in [2.05, 4.69) is 72.8 Å². The van der Waals surface area contributed by atoms with Crippen molar-refractivity contribution in [2.24, 2.45) is 0 Å². The fourth-order valence-electron chi connectivity index (χ4n) is 3.76. The summed E-state index contributed by atoms with van der Waals surface area (Å²) in [7, 11) is 0. The normalized spacial score (nSPS) is 11.6. The number of rotatable bonds is 6. The summed E-state index contributed by atoms with van der Waals surface area (Å²) in [4.78, 5) is 12.5. The minimum Gasteiger partial charge on any atom is -0.289 e. The Bertz CT molecular complexity index is 1270. The van der Waals surface area contributed by atoms with Gasteiger partial charge in [0.1, 0.15) is 0 Å².